The Bertz CT molecular complexity index is 541. The van der Waals surface area contributed by atoms with E-state index in [-0.39, 0.29) is 0 Å². The van der Waals surface area contributed by atoms with E-state index in [1.165, 1.54) is 6.26 Å². The molecule has 0 aromatic heterocycles. The van der Waals surface area contributed by atoms with Gasteiger partial charge in [0.1, 0.15) is 0 Å². The summed E-state index contributed by atoms with van der Waals surface area (Å²) in [5, 5.41) is 4.03. The molecule has 0 aliphatic heterocycles. The van der Waals surface area contributed by atoms with Gasteiger partial charge in [-0.1, -0.05) is 23.2 Å². The predicted octanol–water partition coefficient (Wildman–Crippen LogP) is 3.08. The minimum absolute atomic E-state index is 0.432. The quantitative estimate of drug-likeness (QED) is 0.929. The van der Waals surface area contributed by atoms with E-state index < -0.39 is 20.6 Å². The smallest absolute Gasteiger partial charge is 0.154 e. The fourth-order valence-electron chi connectivity index (χ4n) is 1.83. The summed E-state index contributed by atoms with van der Waals surface area (Å²) in [4.78, 5) is 0. The highest BCUT2D eigenvalue weighted by Gasteiger charge is 2.40. The molecule has 0 spiro atoms. The first-order chi connectivity index (χ1) is 8.11. The van der Waals surface area contributed by atoms with Crippen molar-refractivity contribution in [2.24, 2.45) is 0 Å². The largest absolute Gasteiger partial charge is 0.312 e. The van der Waals surface area contributed by atoms with E-state index in [4.69, 9.17) is 23.2 Å². The molecule has 1 atom stereocenters. The van der Waals surface area contributed by atoms with Gasteiger partial charge in [0.05, 0.1) is 10.8 Å². The molecule has 0 fully saturated rings. The van der Waals surface area contributed by atoms with E-state index in [9.17, 15) is 8.42 Å². The van der Waals surface area contributed by atoms with Crippen LogP contribution in [-0.2, 0) is 9.84 Å². The summed E-state index contributed by atoms with van der Waals surface area (Å²) in [5.74, 6) is 0. The molecule has 1 aromatic rings. The van der Waals surface area contributed by atoms with Crippen molar-refractivity contribution in [1.29, 1.82) is 0 Å². The molecule has 0 radical (unpaired) electrons. The second kappa shape index (κ2) is 5.37. The van der Waals surface area contributed by atoms with E-state index in [1.54, 1.807) is 39.1 Å². The maximum atomic E-state index is 11.9. The summed E-state index contributed by atoms with van der Waals surface area (Å²) in [6.07, 6.45) is 1.22. The Kier molecular flexibility index (Phi) is 4.70. The van der Waals surface area contributed by atoms with Crippen LogP contribution in [-0.4, -0.2) is 26.5 Å². The number of nitrogens with one attached hydrogen (secondary N) is 1. The van der Waals surface area contributed by atoms with Crippen LogP contribution in [0.25, 0.3) is 0 Å². The number of hydrogen-bond acceptors (Lipinski definition) is 3. The van der Waals surface area contributed by atoms with E-state index in [2.05, 4.69) is 5.32 Å². The number of rotatable bonds is 4. The normalized spacial score (nSPS) is 14.6. The highest BCUT2D eigenvalue weighted by molar-refractivity contribution is 7.92. The first-order valence-electron chi connectivity index (χ1n) is 5.43. The van der Waals surface area contributed by atoms with E-state index in [1.807, 2.05) is 0 Å². The molecule has 0 bridgehead atoms. The van der Waals surface area contributed by atoms with Gasteiger partial charge in [0.15, 0.2) is 9.84 Å². The Hall–Kier alpha value is -0.290. The van der Waals surface area contributed by atoms with Crippen molar-refractivity contribution in [3.05, 3.63) is 33.8 Å². The van der Waals surface area contributed by atoms with E-state index in [0.29, 0.717) is 15.6 Å². The molecule has 6 heteroatoms. The third-order valence-electron chi connectivity index (χ3n) is 3.21. The van der Waals surface area contributed by atoms with Crippen molar-refractivity contribution < 1.29 is 8.42 Å². The lowest BCUT2D eigenvalue weighted by Gasteiger charge is -2.33. The van der Waals surface area contributed by atoms with Crippen LogP contribution < -0.4 is 5.32 Å². The van der Waals surface area contributed by atoms with Gasteiger partial charge >= 0.3 is 0 Å². The van der Waals surface area contributed by atoms with Crippen molar-refractivity contribution in [2.75, 3.05) is 13.3 Å². The first kappa shape index (κ1) is 15.8. The molecule has 18 heavy (non-hydrogen) atoms. The monoisotopic (exact) mass is 309 g/mol. The Morgan fingerprint density at radius 2 is 1.83 bits per heavy atom. The first-order valence-corrected chi connectivity index (χ1v) is 8.08. The molecular weight excluding hydrogens is 293 g/mol. The number of benzene rings is 1. The lowest BCUT2D eigenvalue weighted by atomic mass is 9.95. The van der Waals surface area contributed by atoms with E-state index >= 15 is 0 Å². The Labute approximate surface area is 118 Å². The topological polar surface area (TPSA) is 46.2 Å². The molecule has 102 valence electrons. The summed E-state index contributed by atoms with van der Waals surface area (Å²) in [6.45, 7) is 3.33. The van der Waals surface area contributed by atoms with Gasteiger partial charge in [0, 0.05) is 16.3 Å². The standard InChI is InChI=1S/C12H17Cl2NO2S/c1-12(2,18(4,16)17)11(15-3)9-7-8(13)5-6-10(9)14/h5-7,11,15H,1-4H3. The molecule has 0 aliphatic carbocycles. The van der Waals surface area contributed by atoms with Crippen LogP contribution in [0, 0.1) is 0 Å². The molecule has 1 rings (SSSR count). The Morgan fingerprint density at radius 1 is 1.28 bits per heavy atom. The van der Waals surface area contributed by atoms with Crippen LogP contribution in [0.3, 0.4) is 0 Å². The summed E-state index contributed by atoms with van der Waals surface area (Å²) in [6, 6.07) is 4.60. The Balaban J connectivity index is 3.39. The second-order valence-corrected chi connectivity index (χ2v) is 8.20. The lowest BCUT2D eigenvalue weighted by molar-refractivity contribution is 0.446. The minimum Gasteiger partial charge on any atom is -0.312 e. The molecular formula is C12H17Cl2NO2S. The zero-order chi connectivity index (χ0) is 14.1. The average Bonchev–Trinajstić information content (AvgIpc) is 2.22. The summed E-state index contributed by atoms with van der Waals surface area (Å²) in [5.41, 5.74) is 0.682. The molecule has 1 unspecified atom stereocenters. The average molecular weight is 310 g/mol. The summed E-state index contributed by atoms with van der Waals surface area (Å²) < 4.78 is 22.8. The Morgan fingerprint density at radius 3 is 2.28 bits per heavy atom. The number of sulfone groups is 1. The van der Waals surface area contributed by atoms with Gasteiger partial charge in [0.25, 0.3) is 0 Å². The van der Waals surface area contributed by atoms with Gasteiger partial charge in [-0.25, -0.2) is 8.42 Å². The van der Waals surface area contributed by atoms with Gasteiger partial charge in [-0.15, -0.1) is 0 Å². The van der Waals surface area contributed by atoms with Crippen LogP contribution in [0.4, 0.5) is 0 Å². The van der Waals surface area contributed by atoms with Crippen LogP contribution >= 0.6 is 23.2 Å². The lowest BCUT2D eigenvalue weighted by Crippen LogP contribution is -2.43. The second-order valence-electron chi connectivity index (χ2n) is 4.76. The van der Waals surface area contributed by atoms with Crippen molar-refractivity contribution in [3.8, 4) is 0 Å². The van der Waals surface area contributed by atoms with Crippen LogP contribution in [0.5, 0.6) is 0 Å². The zero-order valence-electron chi connectivity index (χ0n) is 10.8. The molecule has 0 aliphatic rings. The molecule has 0 amide bonds. The van der Waals surface area contributed by atoms with Crippen molar-refractivity contribution in [2.45, 2.75) is 24.6 Å². The van der Waals surface area contributed by atoms with Gasteiger partial charge < -0.3 is 5.32 Å². The highest BCUT2D eigenvalue weighted by atomic mass is 35.5. The summed E-state index contributed by atoms with van der Waals surface area (Å²) in [7, 11) is -1.55. The molecule has 0 saturated heterocycles. The number of halogens is 2. The van der Waals surface area contributed by atoms with Crippen LogP contribution in [0.1, 0.15) is 25.5 Å². The van der Waals surface area contributed by atoms with Crippen molar-refractivity contribution in [3.63, 3.8) is 0 Å². The molecule has 0 saturated carbocycles. The van der Waals surface area contributed by atoms with Crippen LogP contribution in [0.15, 0.2) is 18.2 Å². The molecule has 1 N–H and O–H groups in total. The zero-order valence-corrected chi connectivity index (χ0v) is 13.1. The minimum atomic E-state index is -3.26. The number of hydrogen-bond donors (Lipinski definition) is 1. The van der Waals surface area contributed by atoms with Gasteiger partial charge in [-0.3, -0.25) is 0 Å². The van der Waals surface area contributed by atoms with E-state index in [0.717, 1.165) is 0 Å². The maximum Gasteiger partial charge on any atom is 0.154 e. The van der Waals surface area contributed by atoms with Crippen molar-refractivity contribution >= 4 is 33.0 Å². The SMILES string of the molecule is CNC(c1cc(Cl)ccc1Cl)C(C)(C)S(C)(=O)=O. The summed E-state index contributed by atoms with van der Waals surface area (Å²) >= 11 is 12.1. The predicted molar refractivity (Wildman–Crippen MR) is 77.2 cm³/mol. The molecule has 3 nitrogen and oxygen atoms in total. The maximum absolute atomic E-state index is 11.9. The van der Waals surface area contributed by atoms with Gasteiger partial charge in [0.2, 0.25) is 0 Å². The van der Waals surface area contributed by atoms with Gasteiger partial charge in [-0.05, 0) is 44.7 Å². The molecule has 0 heterocycles. The highest BCUT2D eigenvalue weighted by Crippen LogP contribution is 2.36. The van der Waals surface area contributed by atoms with Gasteiger partial charge in [-0.2, -0.15) is 0 Å². The fourth-order valence-corrected chi connectivity index (χ4v) is 2.91. The van der Waals surface area contributed by atoms with Crippen molar-refractivity contribution in [1.82, 2.24) is 5.32 Å². The molecule has 1 aromatic carbocycles. The fraction of sp³-hybridized carbons (Fsp3) is 0.500. The van der Waals surface area contributed by atoms with Crippen LogP contribution in [0.2, 0.25) is 10.0 Å². The third-order valence-corrected chi connectivity index (χ3v) is 5.93. The third kappa shape index (κ3) is 2.99.